The third-order valence-corrected chi connectivity index (χ3v) is 3.02. The van der Waals surface area contributed by atoms with Crippen molar-refractivity contribution < 1.29 is 29.3 Å². The van der Waals surface area contributed by atoms with Crippen LogP contribution in [0.25, 0.3) is 0 Å². The Morgan fingerprint density at radius 2 is 1.63 bits per heavy atom. The van der Waals surface area contributed by atoms with Crippen molar-refractivity contribution in [2.24, 2.45) is 11.3 Å². The summed E-state index contributed by atoms with van der Waals surface area (Å²) in [5.41, 5.74) is -0.258. The molecule has 6 heteroatoms. The van der Waals surface area contributed by atoms with Gasteiger partial charge in [0.2, 0.25) is 0 Å². The molecular formula is C13H20O6-2. The molecule has 0 aromatic carbocycles. The number of rotatable bonds is 9. The van der Waals surface area contributed by atoms with Crippen LogP contribution in [0.4, 0.5) is 0 Å². The largest absolute Gasteiger partial charge is 0.549 e. The number of carboxylic acids is 2. The van der Waals surface area contributed by atoms with Gasteiger partial charge in [0, 0.05) is 5.92 Å². The monoisotopic (exact) mass is 272 g/mol. The number of esters is 1. The van der Waals surface area contributed by atoms with E-state index in [1.807, 2.05) is 13.8 Å². The SMILES string of the molecule is COC(=O)CC(C)(C)CCCCC(C(=O)[O-])C(=O)[O-]. The summed E-state index contributed by atoms with van der Waals surface area (Å²) in [4.78, 5) is 32.2. The van der Waals surface area contributed by atoms with E-state index in [9.17, 15) is 24.6 Å². The summed E-state index contributed by atoms with van der Waals surface area (Å²) in [6.45, 7) is 3.80. The van der Waals surface area contributed by atoms with E-state index >= 15 is 0 Å². The molecule has 0 aliphatic rings. The first kappa shape index (κ1) is 17.4. The molecule has 0 aromatic rings. The molecule has 0 saturated carbocycles. The van der Waals surface area contributed by atoms with Crippen LogP contribution in [0.5, 0.6) is 0 Å². The van der Waals surface area contributed by atoms with Crippen LogP contribution in [0.2, 0.25) is 0 Å². The van der Waals surface area contributed by atoms with Crippen LogP contribution in [-0.4, -0.2) is 25.0 Å². The molecule has 0 atom stereocenters. The minimum atomic E-state index is -1.62. The van der Waals surface area contributed by atoms with Gasteiger partial charge in [-0.2, -0.15) is 0 Å². The number of carboxylic acid groups (broad SMARTS) is 2. The van der Waals surface area contributed by atoms with Crippen LogP contribution in [0.3, 0.4) is 0 Å². The summed E-state index contributed by atoms with van der Waals surface area (Å²) in [7, 11) is 1.32. The van der Waals surface area contributed by atoms with Gasteiger partial charge in [-0.05, 0) is 18.3 Å². The topological polar surface area (TPSA) is 107 Å². The van der Waals surface area contributed by atoms with E-state index in [-0.39, 0.29) is 24.2 Å². The molecule has 0 heterocycles. The quantitative estimate of drug-likeness (QED) is 0.310. The average Bonchev–Trinajstić information content (AvgIpc) is 2.26. The highest BCUT2D eigenvalue weighted by molar-refractivity contribution is 5.90. The molecule has 0 fully saturated rings. The fourth-order valence-corrected chi connectivity index (χ4v) is 1.84. The molecule has 6 nitrogen and oxygen atoms in total. The summed E-state index contributed by atoms with van der Waals surface area (Å²) in [6.07, 6.45) is 1.99. The number of hydrogen-bond donors (Lipinski definition) is 0. The standard InChI is InChI=1S/C13H22O6/c1-13(2,8-10(14)19-3)7-5-4-6-9(11(15)16)12(17)18/h9H,4-8H2,1-3H3,(H,15,16)(H,17,18)/p-2. The number of unbranched alkanes of at least 4 members (excludes halogenated alkanes) is 1. The van der Waals surface area contributed by atoms with Crippen molar-refractivity contribution in [3.63, 3.8) is 0 Å². The molecule has 0 unspecified atom stereocenters. The van der Waals surface area contributed by atoms with Crippen molar-refractivity contribution in [1.29, 1.82) is 0 Å². The number of hydrogen-bond acceptors (Lipinski definition) is 6. The highest BCUT2D eigenvalue weighted by Gasteiger charge is 2.22. The molecule has 19 heavy (non-hydrogen) atoms. The van der Waals surface area contributed by atoms with Gasteiger partial charge in [0.1, 0.15) is 0 Å². The summed E-state index contributed by atoms with van der Waals surface area (Å²) in [5.74, 6) is -5.10. The van der Waals surface area contributed by atoms with Crippen molar-refractivity contribution in [2.45, 2.75) is 46.0 Å². The van der Waals surface area contributed by atoms with E-state index in [0.717, 1.165) is 0 Å². The average molecular weight is 272 g/mol. The van der Waals surface area contributed by atoms with Crippen LogP contribution < -0.4 is 10.2 Å². The lowest BCUT2D eigenvalue weighted by atomic mass is 9.83. The van der Waals surface area contributed by atoms with Crippen molar-refractivity contribution in [3.05, 3.63) is 0 Å². The minimum absolute atomic E-state index is 0.0149. The molecule has 0 bridgehead atoms. The number of carbonyl (C=O) groups is 3. The lowest BCUT2D eigenvalue weighted by Gasteiger charge is -2.24. The lowest BCUT2D eigenvalue weighted by Crippen LogP contribution is -2.43. The molecule has 0 aromatic heterocycles. The Kier molecular flexibility index (Phi) is 7.11. The maximum Gasteiger partial charge on any atom is 0.306 e. The Labute approximate surface area is 112 Å². The first-order chi connectivity index (χ1) is 8.69. The third kappa shape index (κ3) is 7.43. The second-order valence-electron chi connectivity index (χ2n) is 5.35. The summed E-state index contributed by atoms with van der Waals surface area (Å²) >= 11 is 0. The summed E-state index contributed by atoms with van der Waals surface area (Å²) in [6, 6.07) is 0. The van der Waals surface area contributed by atoms with E-state index in [4.69, 9.17) is 0 Å². The van der Waals surface area contributed by atoms with Gasteiger partial charge in [0.05, 0.1) is 25.5 Å². The van der Waals surface area contributed by atoms with E-state index < -0.39 is 17.9 Å². The van der Waals surface area contributed by atoms with E-state index in [0.29, 0.717) is 19.3 Å². The summed E-state index contributed by atoms with van der Waals surface area (Å²) in [5, 5.41) is 21.0. The van der Waals surface area contributed by atoms with Gasteiger partial charge in [-0.25, -0.2) is 0 Å². The molecule has 0 aliphatic heterocycles. The number of methoxy groups -OCH3 is 1. The minimum Gasteiger partial charge on any atom is -0.549 e. The highest BCUT2D eigenvalue weighted by atomic mass is 16.5. The molecule has 0 radical (unpaired) electrons. The molecule has 0 spiro atoms. The maximum absolute atomic E-state index is 11.2. The van der Waals surface area contributed by atoms with Crippen LogP contribution in [0, 0.1) is 11.3 Å². The van der Waals surface area contributed by atoms with E-state index in [1.165, 1.54) is 7.11 Å². The van der Waals surface area contributed by atoms with Gasteiger partial charge in [-0.15, -0.1) is 0 Å². The van der Waals surface area contributed by atoms with Gasteiger partial charge >= 0.3 is 5.97 Å². The Balaban J connectivity index is 4.05. The van der Waals surface area contributed by atoms with Crippen LogP contribution in [0.1, 0.15) is 46.0 Å². The molecule has 110 valence electrons. The molecule has 0 amide bonds. The van der Waals surface area contributed by atoms with Gasteiger partial charge in [-0.1, -0.05) is 26.7 Å². The zero-order valence-electron chi connectivity index (χ0n) is 11.6. The van der Waals surface area contributed by atoms with Gasteiger partial charge in [0.15, 0.2) is 0 Å². The number of carbonyl (C=O) groups excluding carboxylic acids is 3. The molecule has 0 saturated heterocycles. The van der Waals surface area contributed by atoms with Gasteiger partial charge < -0.3 is 24.5 Å². The molecule has 0 N–H and O–H groups in total. The van der Waals surface area contributed by atoms with Crippen LogP contribution >= 0.6 is 0 Å². The Morgan fingerprint density at radius 3 is 2.05 bits per heavy atom. The van der Waals surface area contributed by atoms with E-state index in [2.05, 4.69) is 4.74 Å². The smallest absolute Gasteiger partial charge is 0.306 e. The van der Waals surface area contributed by atoms with Crippen LogP contribution in [0.15, 0.2) is 0 Å². The highest BCUT2D eigenvalue weighted by Crippen LogP contribution is 2.28. The number of aliphatic carboxylic acids is 2. The Bertz CT molecular complexity index is 320. The second kappa shape index (κ2) is 7.76. The van der Waals surface area contributed by atoms with Crippen molar-refractivity contribution in [2.75, 3.05) is 7.11 Å². The summed E-state index contributed by atoms with van der Waals surface area (Å²) < 4.78 is 4.58. The predicted octanol–water partition coefficient (Wildman–Crippen LogP) is -0.748. The van der Waals surface area contributed by atoms with Crippen molar-refractivity contribution in [1.82, 2.24) is 0 Å². The van der Waals surface area contributed by atoms with Crippen molar-refractivity contribution >= 4 is 17.9 Å². The lowest BCUT2D eigenvalue weighted by molar-refractivity contribution is -0.332. The Morgan fingerprint density at radius 1 is 1.11 bits per heavy atom. The van der Waals surface area contributed by atoms with E-state index in [1.54, 1.807) is 0 Å². The zero-order chi connectivity index (χ0) is 15.1. The van der Waals surface area contributed by atoms with Gasteiger partial charge in [-0.3, -0.25) is 4.79 Å². The Hall–Kier alpha value is -1.59. The second-order valence-corrected chi connectivity index (χ2v) is 5.35. The van der Waals surface area contributed by atoms with Crippen LogP contribution in [-0.2, 0) is 19.1 Å². The molecule has 0 rings (SSSR count). The number of ether oxygens (including phenoxy) is 1. The van der Waals surface area contributed by atoms with Gasteiger partial charge in [0.25, 0.3) is 0 Å². The predicted molar refractivity (Wildman–Crippen MR) is 62.4 cm³/mol. The normalized spacial score (nSPS) is 11.4. The molecule has 0 aliphatic carbocycles. The zero-order valence-corrected chi connectivity index (χ0v) is 11.6. The third-order valence-electron chi connectivity index (χ3n) is 3.02. The maximum atomic E-state index is 11.2. The van der Waals surface area contributed by atoms with Crippen molar-refractivity contribution in [3.8, 4) is 0 Å². The fourth-order valence-electron chi connectivity index (χ4n) is 1.84. The fraction of sp³-hybridized carbons (Fsp3) is 0.769. The first-order valence-corrected chi connectivity index (χ1v) is 6.18. The molecular weight excluding hydrogens is 252 g/mol. The first-order valence-electron chi connectivity index (χ1n) is 6.18.